The highest BCUT2D eigenvalue weighted by Gasteiger charge is 2.40. The minimum Gasteiger partial charge on any atom is -0.497 e. The van der Waals surface area contributed by atoms with Gasteiger partial charge in [-0.2, -0.15) is 23.0 Å². The smallest absolute Gasteiger partial charge is 0.279 e. The number of sulfonamides is 1. The fourth-order valence-corrected chi connectivity index (χ4v) is 6.33. The average Bonchev–Trinajstić information content (AvgIpc) is 3.64. The van der Waals surface area contributed by atoms with Crippen LogP contribution in [0, 0.1) is 6.92 Å². The number of methoxy groups -OCH3 is 1. The van der Waals surface area contributed by atoms with Gasteiger partial charge in [-0.3, -0.25) is 0 Å². The highest BCUT2D eigenvalue weighted by Crippen LogP contribution is 2.41. The summed E-state index contributed by atoms with van der Waals surface area (Å²) in [5.74, 6) is 0.721. The average molecular weight is 549 g/mol. The number of aromatic nitrogens is 2. The SMILES string of the molecule is COc1ccc(C2=NN(S(=O)(=O)c3ccccc3)[C@@H](c3cn(-c4ccccc4)nc3-c3ccc(C)cc3)C2)cc1. The van der Waals surface area contributed by atoms with Crippen molar-refractivity contribution in [3.63, 3.8) is 0 Å². The molecule has 8 heteroatoms. The molecule has 0 aliphatic carbocycles. The third-order valence-electron chi connectivity index (χ3n) is 7.03. The highest BCUT2D eigenvalue weighted by molar-refractivity contribution is 7.89. The molecule has 1 aliphatic rings. The Morgan fingerprint density at radius 3 is 2.08 bits per heavy atom. The highest BCUT2D eigenvalue weighted by atomic mass is 32.2. The molecule has 0 spiro atoms. The van der Waals surface area contributed by atoms with Gasteiger partial charge in [0.2, 0.25) is 0 Å². The molecule has 1 atom stereocenters. The molecule has 0 saturated heterocycles. The maximum absolute atomic E-state index is 14.0. The van der Waals surface area contributed by atoms with Crippen LogP contribution in [-0.2, 0) is 10.0 Å². The second-order valence-electron chi connectivity index (χ2n) is 9.66. The van der Waals surface area contributed by atoms with E-state index in [1.165, 1.54) is 4.41 Å². The van der Waals surface area contributed by atoms with E-state index in [1.807, 2.05) is 96.7 Å². The third-order valence-corrected chi connectivity index (χ3v) is 8.73. The fraction of sp³-hybridized carbons (Fsp3) is 0.125. The lowest BCUT2D eigenvalue weighted by Crippen LogP contribution is -2.27. The largest absolute Gasteiger partial charge is 0.497 e. The molecule has 0 unspecified atom stereocenters. The van der Waals surface area contributed by atoms with E-state index in [1.54, 1.807) is 37.4 Å². The molecule has 5 aromatic rings. The lowest BCUT2D eigenvalue weighted by atomic mass is 9.97. The van der Waals surface area contributed by atoms with E-state index in [-0.39, 0.29) is 4.90 Å². The first-order valence-corrected chi connectivity index (χ1v) is 14.4. The van der Waals surface area contributed by atoms with Crippen LogP contribution < -0.4 is 4.74 Å². The predicted molar refractivity (Wildman–Crippen MR) is 156 cm³/mol. The zero-order valence-corrected chi connectivity index (χ0v) is 23.0. The molecule has 0 N–H and O–H groups in total. The van der Waals surface area contributed by atoms with Crippen molar-refractivity contribution < 1.29 is 13.2 Å². The number of hydrazone groups is 1. The Kier molecular flexibility index (Phi) is 6.69. The standard InChI is InChI=1S/C32H28N4O3S/c1-23-13-15-25(16-14-23)32-29(22-35(34-32)26-9-5-3-6-10-26)31-21-30(24-17-19-27(39-2)20-18-24)33-36(31)40(37,38)28-11-7-4-8-12-28/h3-20,22,31H,21H2,1-2H3/t31-/m1/s1. The summed E-state index contributed by atoms with van der Waals surface area (Å²) in [5, 5.41) is 9.70. The van der Waals surface area contributed by atoms with Gasteiger partial charge in [0.1, 0.15) is 5.75 Å². The summed E-state index contributed by atoms with van der Waals surface area (Å²) in [7, 11) is -2.35. The topological polar surface area (TPSA) is 76.8 Å². The van der Waals surface area contributed by atoms with Crippen LogP contribution in [0.15, 0.2) is 125 Å². The van der Waals surface area contributed by atoms with E-state index in [0.717, 1.165) is 33.7 Å². The number of hydrogen-bond acceptors (Lipinski definition) is 5. The lowest BCUT2D eigenvalue weighted by molar-refractivity contribution is 0.372. The number of hydrogen-bond donors (Lipinski definition) is 0. The van der Waals surface area contributed by atoms with Gasteiger partial charge in [-0.15, -0.1) is 0 Å². The van der Waals surface area contributed by atoms with Crippen LogP contribution in [0.1, 0.15) is 29.2 Å². The Morgan fingerprint density at radius 2 is 1.43 bits per heavy atom. The minimum atomic E-state index is -3.97. The molecule has 0 bridgehead atoms. The van der Waals surface area contributed by atoms with Crippen molar-refractivity contribution in [2.24, 2.45) is 5.10 Å². The van der Waals surface area contributed by atoms with Crippen LogP contribution >= 0.6 is 0 Å². The van der Waals surface area contributed by atoms with Crippen molar-refractivity contribution in [1.82, 2.24) is 14.2 Å². The van der Waals surface area contributed by atoms with Crippen molar-refractivity contribution in [2.75, 3.05) is 7.11 Å². The quantitative estimate of drug-likeness (QED) is 0.236. The number of rotatable bonds is 7. The Labute approximate surface area is 234 Å². The van der Waals surface area contributed by atoms with Crippen LogP contribution in [0.5, 0.6) is 5.75 Å². The zero-order chi connectivity index (χ0) is 27.7. The normalized spacial score (nSPS) is 15.2. The van der Waals surface area contributed by atoms with E-state index in [0.29, 0.717) is 17.8 Å². The summed E-state index contributed by atoms with van der Waals surface area (Å²) in [6.45, 7) is 2.04. The molecule has 0 radical (unpaired) electrons. The summed E-state index contributed by atoms with van der Waals surface area (Å²) in [6.07, 6.45) is 2.31. The van der Waals surface area contributed by atoms with Crippen molar-refractivity contribution in [2.45, 2.75) is 24.3 Å². The van der Waals surface area contributed by atoms with E-state index >= 15 is 0 Å². The monoisotopic (exact) mass is 548 g/mol. The lowest BCUT2D eigenvalue weighted by Gasteiger charge is -2.23. The molecule has 40 heavy (non-hydrogen) atoms. The minimum absolute atomic E-state index is 0.187. The molecule has 4 aromatic carbocycles. The zero-order valence-electron chi connectivity index (χ0n) is 22.2. The molecular formula is C32H28N4O3S. The maximum atomic E-state index is 14.0. The number of para-hydroxylation sites is 1. The van der Waals surface area contributed by atoms with Crippen molar-refractivity contribution in [3.05, 3.63) is 132 Å². The summed E-state index contributed by atoms with van der Waals surface area (Å²) in [6, 6.07) is 33.3. The van der Waals surface area contributed by atoms with Crippen LogP contribution in [-0.4, -0.2) is 35.4 Å². The van der Waals surface area contributed by atoms with Gasteiger partial charge in [-0.05, 0) is 61.0 Å². The van der Waals surface area contributed by atoms with Gasteiger partial charge in [0.05, 0.1) is 35.1 Å². The van der Waals surface area contributed by atoms with Gasteiger partial charge >= 0.3 is 0 Å². The van der Waals surface area contributed by atoms with Gasteiger partial charge in [0.25, 0.3) is 10.0 Å². The van der Waals surface area contributed by atoms with Crippen LogP contribution in [0.25, 0.3) is 16.9 Å². The Hall–Kier alpha value is -4.69. The summed E-state index contributed by atoms with van der Waals surface area (Å²) >= 11 is 0. The molecule has 1 aliphatic heterocycles. The molecule has 6 rings (SSSR count). The summed E-state index contributed by atoms with van der Waals surface area (Å²) < 4.78 is 36.5. The van der Waals surface area contributed by atoms with Crippen molar-refractivity contribution in [1.29, 1.82) is 0 Å². The molecule has 200 valence electrons. The van der Waals surface area contributed by atoms with Gasteiger partial charge in [0, 0.05) is 23.7 Å². The number of ether oxygens (including phenoxy) is 1. The van der Waals surface area contributed by atoms with Crippen molar-refractivity contribution in [3.8, 4) is 22.7 Å². The van der Waals surface area contributed by atoms with Gasteiger partial charge in [0.15, 0.2) is 0 Å². The molecular weight excluding hydrogens is 520 g/mol. The molecule has 0 amide bonds. The summed E-state index contributed by atoms with van der Waals surface area (Å²) in [4.78, 5) is 0.187. The molecule has 7 nitrogen and oxygen atoms in total. The van der Waals surface area contributed by atoms with E-state index in [9.17, 15) is 8.42 Å². The van der Waals surface area contributed by atoms with Crippen LogP contribution in [0.3, 0.4) is 0 Å². The molecule has 2 heterocycles. The van der Waals surface area contributed by atoms with Gasteiger partial charge in [-0.25, -0.2) is 4.68 Å². The number of benzene rings is 4. The Balaban J connectivity index is 1.51. The van der Waals surface area contributed by atoms with E-state index in [4.69, 9.17) is 14.9 Å². The Bertz CT molecular complexity index is 1760. The van der Waals surface area contributed by atoms with E-state index < -0.39 is 16.1 Å². The maximum Gasteiger partial charge on any atom is 0.279 e. The third kappa shape index (κ3) is 4.78. The first-order valence-electron chi connectivity index (χ1n) is 13.0. The Morgan fingerprint density at radius 1 is 0.800 bits per heavy atom. The predicted octanol–water partition coefficient (Wildman–Crippen LogP) is 6.40. The second-order valence-corrected chi connectivity index (χ2v) is 11.5. The van der Waals surface area contributed by atoms with Gasteiger partial charge < -0.3 is 4.74 Å². The van der Waals surface area contributed by atoms with Crippen molar-refractivity contribution >= 4 is 15.7 Å². The van der Waals surface area contributed by atoms with Crippen LogP contribution in [0.2, 0.25) is 0 Å². The first-order chi connectivity index (χ1) is 19.4. The molecule has 0 saturated carbocycles. The second kappa shape index (κ2) is 10.5. The van der Waals surface area contributed by atoms with Crippen LogP contribution in [0.4, 0.5) is 0 Å². The molecule has 1 aromatic heterocycles. The van der Waals surface area contributed by atoms with E-state index in [2.05, 4.69) is 0 Å². The summed E-state index contributed by atoms with van der Waals surface area (Å²) in [5.41, 5.74) is 5.93. The molecule has 0 fully saturated rings. The van der Waals surface area contributed by atoms with Gasteiger partial charge in [-0.1, -0.05) is 66.2 Å². The number of aryl methyl sites for hydroxylation is 1. The number of nitrogens with zero attached hydrogens (tertiary/aromatic N) is 4. The first kappa shape index (κ1) is 25.6. The fourth-order valence-electron chi connectivity index (χ4n) is 4.88.